The summed E-state index contributed by atoms with van der Waals surface area (Å²) in [6, 6.07) is -1.76. The summed E-state index contributed by atoms with van der Waals surface area (Å²) in [6.07, 6.45) is -6.03. The third kappa shape index (κ3) is 5.51. The highest BCUT2D eigenvalue weighted by molar-refractivity contribution is 7.46. The average molecular weight is 454 g/mol. The molecule has 168 valence electrons. The Morgan fingerprint density at radius 2 is 1.93 bits per heavy atom. The number of phosphoric ester groups is 1. The second kappa shape index (κ2) is 9.05. The van der Waals surface area contributed by atoms with E-state index in [4.69, 9.17) is 30.5 Å². The number of nitrogens with two attached hydrogens (primary N) is 1. The van der Waals surface area contributed by atoms with Gasteiger partial charge in [-0.05, 0) is 0 Å². The topological polar surface area (TPSA) is 264 Å². The Balaban J connectivity index is 2.16. The Kier molecular flexibility index (Phi) is 7.14. The minimum atomic E-state index is -4.87. The minimum Gasteiger partial charge on any atom is -0.481 e. The maximum atomic E-state index is 12.2. The van der Waals surface area contributed by atoms with Crippen LogP contribution in [0.1, 0.15) is 23.1 Å². The van der Waals surface area contributed by atoms with Gasteiger partial charge >= 0.3 is 19.8 Å². The molecule has 0 aliphatic carbocycles. The second-order valence-corrected chi connectivity index (χ2v) is 7.42. The van der Waals surface area contributed by atoms with E-state index in [2.05, 4.69) is 9.51 Å². The standard InChI is InChI=1S/C13H19N4O12P/c14-10-7(11(22)16-4(13(23)24)1-6(18)19)15-3-17(10)12-9(21)8(20)5(29-12)2-28-30(25,26)27/h3-5,8-9,12,20-21H,1-2,14H2,(H,16,22)(H,18,19)(H,23,24)(H2,25,26,27)/t4-,5-,8-,9+,12-/m1/s1. The number of carboxylic acids is 2. The Labute approximate surface area is 167 Å². The molecule has 2 heterocycles. The van der Waals surface area contributed by atoms with Crippen LogP contribution in [0.2, 0.25) is 0 Å². The van der Waals surface area contributed by atoms with Crippen molar-refractivity contribution in [2.45, 2.75) is 37.0 Å². The van der Waals surface area contributed by atoms with E-state index in [-0.39, 0.29) is 0 Å². The van der Waals surface area contributed by atoms with Crippen molar-refractivity contribution >= 4 is 31.5 Å². The number of carbonyl (C=O) groups excluding carboxylic acids is 1. The molecule has 1 aromatic heterocycles. The number of rotatable bonds is 9. The molecule has 1 aromatic rings. The zero-order valence-electron chi connectivity index (χ0n) is 14.9. The Hall–Kier alpha value is -2.59. The molecule has 1 fully saturated rings. The molecular formula is C13H19N4O12P. The molecule has 1 saturated heterocycles. The summed E-state index contributed by atoms with van der Waals surface area (Å²) in [6.45, 7) is -0.767. The van der Waals surface area contributed by atoms with Gasteiger partial charge in [-0.15, -0.1) is 0 Å². The lowest BCUT2D eigenvalue weighted by atomic mass is 10.1. The second-order valence-electron chi connectivity index (χ2n) is 6.18. The molecule has 0 saturated carbocycles. The predicted molar refractivity (Wildman–Crippen MR) is 91.7 cm³/mol. The summed E-state index contributed by atoms with van der Waals surface area (Å²) in [4.78, 5) is 55.1. The molecule has 1 aliphatic heterocycles. The van der Waals surface area contributed by atoms with Crippen molar-refractivity contribution < 1.29 is 58.4 Å². The zero-order chi connectivity index (χ0) is 22.8. The monoisotopic (exact) mass is 454 g/mol. The van der Waals surface area contributed by atoms with E-state index in [1.54, 1.807) is 0 Å². The van der Waals surface area contributed by atoms with Crippen molar-refractivity contribution in [3.63, 3.8) is 0 Å². The van der Waals surface area contributed by atoms with Crippen LogP contribution in [0.3, 0.4) is 0 Å². The lowest BCUT2D eigenvalue weighted by molar-refractivity contribution is -0.145. The molecule has 0 aromatic carbocycles. The van der Waals surface area contributed by atoms with Gasteiger partial charge in [0.2, 0.25) is 0 Å². The van der Waals surface area contributed by atoms with E-state index in [0.717, 1.165) is 10.9 Å². The van der Waals surface area contributed by atoms with Gasteiger partial charge in [-0.2, -0.15) is 0 Å². The number of ether oxygens (including phenoxy) is 1. The van der Waals surface area contributed by atoms with Crippen LogP contribution in [0, 0.1) is 0 Å². The van der Waals surface area contributed by atoms with E-state index in [0.29, 0.717) is 0 Å². The van der Waals surface area contributed by atoms with E-state index >= 15 is 0 Å². The first-order valence-corrected chi connectivity index (χ1v) is 9.64. The van der Waals surface area contributed by atoms with Crippen molar-refractivity contribution in [2.24, 2.45) is 0 Å². The van der Waals surface area contributed by atoms with Crippen LogP contribution in [0.25, 0.3) is 0 Å². The van der Waals surface area contributed by atoms with E-state index in [1.807, 2.05) is 5.32 Å². The van der Waals surface area contributed by atoms with Gasteiger partial charge in [0.25, 0.3) is 5.91 Å². The Bertz CT molecular complexity index is 868. The number of anilines is 1. The summed E-state index contributed by atoms with van der Waals surface area (Å²) in [5, 5.41) is 39.7. The van der Waals surface area contributed by atoms with Crippen molar-refractivity contribution in [3.8, 4) is 0 Å². The molecule has 1 aliphatic rings. The van der Waals surface area contributed by atoms with Gasteiger partial charge in [0.1, 0.15) is 30.2 Å². The number of hydrogen-bond donors (Lipinski definition) is 8. The SMILES string of the molecule is Nc1c(C(=O)N[C@H](CC(=O)O)C(=O)O)ncn1[C@@H]1O[C@H](COP(=O)(O)O)[C@@H](O)[C@@H]1O. The van der Waals surface area contributed by atoms with Gasteiger partial charge in [-0.1, -0.05) is 0 Å². The predicted octanol–water partition coefficient (Wildman–Crippen LogP) is -3.15. The fraction of sp³-hybridized carbons (Fsp3) is 0.538. The van der Waals surface area contributed by atoms with Gasteiger partial charge in [-0.25, -0.2) is 14.3 Å². The maximum Gasteiger partial charge on any atom is 0.469 e. The number of hydrogen-bond acceptors (Lipinski definition) is 10. The number of aliphatic hydroxyl groups is 2. The largest absolute Gasteiger partial charge is 0.481 e. The Morgan fingerprint density at radius 1 is 1.30 bits per heavy atom. The van der Waals surface area contributed by atoms with Crippen LogP contribution in [0.5, 0.6) is 0 Å². The van der Waals surface area contributed by atoms with Crippen molar-refractivity contribution in [2.75, 3.05) is 12.3 Å². The molecule has 17 heteroatoms. The number of aromatic nitrogens is 2. The summed E-state index contributed by atoms with van der Waals surface area (Å²) in [7, 11) is -4.87. The summed E-state index contributed by atoms with van der Waals surface area (Å²) in [5.41, 5.74) is 5.27. The molecule has 5 atom stereocenters. The number of carboxylic acid groups (broad SMARTS) is 2. The molecule has 0 radical (unpaired) electrons. The Morgan fingerprint density at radius 3 is 2.47 bits per heavy atom. The number of imidazole rings is 1. The summed E-state index contributed by atoms with van der Waals surface area (Å²) >= 11 is 0. The third-order valence-corrected chi connectivity index (χ3v) is 4.53. The molecular weight excluding hydrogens is 435 g/mol. The number of amides is 1. The van der Waals surface area contributed by atoms with E-state index in [9.17, 15) is 29.2 Å². The molecule has 0 bridgehead atoms. The third-order valence-electron chi connectivity index (χ3n) is 4.05. The highest BCUT2D eigenvalue weighted by Crippen LogP contribution is 2.38. The molecule has 1 amide bonds. The molecule has 0 unspecified atom stereocenters. The smallest absolute Gasteiger partial charge is 0.469 e. The minimum absolute atomic E-state index is 0.417. The number of aliphatic carboxylic acids is 2. The van der Waals surface area contributed by atoms with Gasteiger partial charge in [0.15, 0.2) is 11.9 Å². The number of nitrogen functional groups attached to an aromatic ring is 1. The van der Waals surface area contributed by atoms with Crippen LogP contribution in [0.15, 0.2) is 6.33 Å². The van der Waals surface area contributed by atoms with Crippen LogP contribution >= 0.6 is 7.82 Å². The van der Waals surface area contributed by atoms with Crippen LogP contribution in [-0.4, -0.2) is 88.6 Å². The highest BCUT2D eigenvalue weighted by atomic mass is 31.2. The number of nitrogens with zero attached hydrogens (tertiary/aromatic N) is 2. The highest BCUT2D eigenvalue weighted by Gasteiger charge is 2.45. The fourth-order valence-electron chi connectivity index (χ4n) is 2.62. The van der Waals surface area contributed by atoms with Gasteiger partial charge < -0.3 is 46.0 Å². The molecule has 30 heavy (non-hydrogen) atoms. The van der Waals surface area contributed by atoms with Crippen molar-refractivity contribution in [1.29, 1.82) is 0 Å². The van der Waals surface area contributed by atoms with Crippen molar-refractivity contribution in [3.05, 3.63) is 12.0 Å². The zero-order valence-corrected chi connectivity index (χ0v) is 15.8. The summed E-state index contributed by atoms with van der Waals surface area (Å²) in [5.74, 6) is -4.61. The molecule has 0 spiro atoms. The van der Waals surface area contributed by atoms with E-state index < -0.39 is 80.8 Å². The quantitative estimate of drug-likeness (QED) is 0.171. The lowest BCUT2D eigenvalue weighted by Gasteiger charge is -2.18. The first-order valence-electron chi connectivity index (χ1n) is 8.11. The number of nitrogens with one attached hydrogen (secondary N) is 1. The molecule has 16 nitrogen and oxygen atoms in total. The number of aliphatic hydroxyl groups excluding tert-OH is 2. The normalized spacial score (nSPS) is 25.1. The fourth-order valence-corrected chi connectivity index (χ4v) is 2.96. The van der Waals surface area contributed by atoms with Gasteiger partial charge in [0.05, 0.1) is 19.4 Å². The van der Waals surface area contributed by atoms with Crippen LogP contribution in [0.4, 0.5) is 5.82 Å². The van der Waals surface area contributed by atoms with Crippen LogP contribution < -0.4 is 11.1 Å². The average Bonchev–Trinajstić information content (AvgIpc) is 3.12. The summed E-state index contributed by atoms with van der Waals surface area (Å²) < 4.78 is 21.2. The molecule has 2 rings (SSSR count). The van der Waals surface area contributed by atoms with Crippen LogP contribution in [-0.2, 0) is 23.4 Å². The first kappa shape index (κ1) is 23.7. The number of carbonyl (C=O) groups is 3. The molecule has 9 N–H and O–H groups in total. The van der Waals surface area contributed by atoms with Gasteiger partial charge in [-0.3, -0.25) is 18.7 Å². The first-order chi connectivity index (χ1) is 13.8. The maximum absolute atomic E-state index is 12.2. The lowest BCUT2D eigenvalue weighted by Crippen LogP contribution is -2.42. The number of phosphoric acid groups is 1. The van der Waals surface area contributed by atoms with Gasteiger partial charge in [0, 0.05) is 0 Å². The van der Waals surface area contributed by atoms with Crippen molar-refractivity contribution in [1.82, 2.24) is 14.9 Å². The van der Waals surface area contributed by atoms with E-state index in [1.165, 1.54) is 0 Å².